The van der Waals surface area contributed by atoms with E-state index in [9.17, 15) is 14.0 Å². The Morgan fingerprint density at radius 3 is 2.58 bits per heavy atom. The maximum atomic E-state index is 14.4. The number of hydrogen-bond acceptors (Lipinski definition) is 5. The van der Waals surface area contributed by atoms with Gasteiger partial charge < -0.3 is 9.47 Å². The second kappa shape index (κ2) is 9.12. The van der Waals surface area contributed by atoms with E-state index in [0.717, 1.165) is 12.0 Å². The number of hydrogen-bond donors (Lipinski definition) is 0. The molecule has 2 rings (SSSR count). The maximum Gasteiger partial charge on any atom is 0.308 e. The number of halogens is 1. The molecule has 0 amide bonds. The molecule has 0 aliphatic heterocycles. The van der Waals surface area contributed by atoms with Gasteiger partial charge in [0.25, 0.3) is 0 Å². The molecule has 1 atom stereocenters. The van der Waals surface area contributed by atoms with Gasteiger partial charge in [-0.25, -0.2) is 4.39 Å². The van der Waals surface area contributed by atoms with Gasteiger partial charge in [-0.3, -0.25) is 14.5 Å². The van der Waals surface area contributed by atoms with Gasteiger partial charge in [0, 0.05) is 6.54 Å². The third kappa shape index (κ3) is 4.41. The van der Waals surface area contributed by atoms with Crippen molar-refractivity contribution in [2.75, 3.05) is 26.8 Å². The number of rotatable bonds is 8. The van der Waals surface area contributed by atoms with Gasteiger partial charge >= 0.3 is 11.9 Å². The van der Waals surface area contributed by atoms with E-state index in [1.165, 1.54) is 6.07 Å². The Hall–Kier alpha value is -1.95. The minimum Gasteiger partial charge on any atom is -0.466 e. The number of esters is 2. The van der Waals surface area contributed by atoms with Crippen LogP contribution >= 0.6 is 0 Å². The summed E-state index contributed by atoms with van der Waals surface area (Å²) >= 11 is 0. The Bertz CT molecular complexity index is 649. The predicted octanol–water partition coefficient (Wildman–Crippen LogP) is 3.20. The number of nitrogens with zero attached hydrogens (tertiary/aromatic N) is 1. The van der Waals surface area contributed by atoms with Gasteiger partial charge in [-0.1, -0.05) is 12.1 Å². The van der Waals surface area contributed by atoms with Gasteiger partial charge in [0.05, 0.1) is 31.6 Å². The Balaban J connectivity index is 2.34. The summed E-state index contributed by atoms with van der Waals surface area (Å²) < 4.78 is 24.6. The first-order valence-electron chi connectivity index (χ1n) is 9.25. The van der Waals surface area contributed by atoms with Crippen LogP contribution in [0.2, 0.25) is 0 Å². The van der Waals surface area contributed by atoms with E-state index in [1.54, 1.807) is 19.9 Å². The highest BCUT2D eigenvalue weighted by Gasteiger charge is 2.43. The first-order chi connectivity index (χ1) is 12.4. The summed E-state index contributed by atoms with van der Waals surface area (Å²) in [6.07, 6.45) is 2.49. The fourth-order valence-electron chi connectivity index (χ4n) is 3.81. The van der Waals surface area contributed by atoms with Crippen LogP contribution in [0.4, 0.5) is 4.39 Å². The van der Waals surface area contributed by atoms with Crippen LogP contribution in [0.25, 0.3) is 0 Å². The fraction of sp³-hybridized carbons (Fsp3) is 0.600. The Kier molecular flexibility index (Phi) is 7.14. The molecule has 0 radical (unpaired) electrons. The van der Waals surface area contributed by atoms with Crippen LogP contribution in [0.15, 0.2) is 18.2 Å². The molecule has 0 spiro atoms. The predicted molar refractivity (Wildman–Crippen MR) is 96.1 cm³/mol. The second-order valence-electron chi connectivity index (χ2n) is 6.61. The Labute approximate surface area is 154 Å². The van der Waals surface area contributed by atoms with E-state index >= 15 is 0 Å². The van der Waals surface area contributed by atoms with Gasteiger partial charge in [0.1, 0.15) is 5.82 Å². The summed E-state index contributed by atoms with van der Waals surface area (Å²) in [6.45, 7) is 4.60. The molecular weight excluding hydrogens is 337 g/mol. The number of benzene rings is 1. The van der Waals surface area contributed by atoms with Crippen molar-refractivity contribution in [3.05, 3.63) is 35.1 Å². The highest BCUT2D eigenvalue weighted by atomic mass is 19.1. The van der Waals surface area contributed by atoms with Crippen molar-refractivity contribution in [3.63, 3.8) is 0 Å². The zero-order valence-corrected chi connectivity index (χ0v) is 15.8. The summed E-state index contributed by atoms with van der Waals surface area (Å²) in [4.78, 5) is 26.1. The largest absolute Gasteiger partial charge is 0.466 e. The summed E-state index contributed by atoms with van der Waals surface area (Å²) in [6, 6.07) is 5.02. The van der Waals surface area contributed by atoms with E-state index in [2.05, 4.69) is 0 Å². The lowest BCUT2D eigenvalue weighted by Gasteiger charge is -2.45. The molecule has 1 aromatic rings. The van der Waals surface area contributed by atoms with E-state index in [0.29, 0.717) is 38.2 Å². The molecule has 0 heterocycles. The molecule has 1 unspecified atom stereocenters. The quantitative estimate of drug-likeness (QED) is 0.662. The van der Waals surface area contributed by atoms with E-state index in [-0.39, 0.29) is 30.6 Å². The van der Waals surface area contributed by atoms with Crippen molar-refractivity contribution in [2.45, 2.75) is 51.5 Å². The van der Waals surface area contributed by atoms with Gasteiger partial charge in [0.15, 0.2) is 0 Å². The first kappa shape index (κ1) is 20.4. The van der Waals surface area contributed by atoms with Crippen LogP contribution in [0.3, 0.4) is 0 Å². The molecule has 1 aliphatic carbocycles. The van der Waals surface area contributed by atoms with Crippen molar-refractivity contribution in [2.24, 2.45) is 0 Å². The van der Waals surface area contributed by atoms with Crippen LogP contribution in [0, 0.1) is 5.82 Å². The number of ether oxygens (including phenoxy) is 2. The number of fused-ring (bicyclic) bond motifs is 1. The SMILES string of the molecule is CCOC(=O)CCN(C)C1(CC(=O)OCC)CCCc2c(F)cccc21. The normalized spacial score (nSPS) is 19.1. The molecule has 0 N–H and O–H groups in total. The lowest BCUT2D eigenvalue weighted by Crippen LogP contribution is -2.48. The third-order valence-corrected chi connectivity index (χ3v) is 5.07. The first-order valence-corrected chi connectivity index (χ1v) is 9.25. The smallest absolute Gasteiger partial charge is 0.308 e. The standard InChI is InChI=1S/C20H28FNO4/c1-4-25-18(23)11-13-22(3)20(14-19(24)26-5-2)12-7-8-15-16(20)9-6-10-17(15)21/h6,9-10H,4-5,7-8,11-14H2,1-3H3. The minimum absolute atomic E-state index is 0.136. The molecule has 5 nitrogen and oxygen atoms in total. The number of carbonyl (C=O) groups excluding carboxylic acids is 2. The zero-order chi connectivity index (χ0) is 19.2. The molecule has 0 saturated heterocycles. The second-order valence-corrected chi connectivity index (χ2v) is 6.61. The van der Waals surface area contributed by atoms with Gasteiger partial charge in [-0.15, -0.1) is 0 Å². The van der Waals surface area contributed by atoms with E-state index in [1.807, 2.05) is 18.0 Å². The number of carbonyl (C=O) groups is 2. The molecule has 1 aliphatic rings. The van der Waals surface area contributed by atoms with E-state index in [4.69, 9.17) is 9.47 Å². The van der Waals surface area contributed by atoms with Crippen LogP contribution < -0.4 is 0 Å². The molecule has 6 heteroatoms. The van der Waals surface area contributed by atoms with Crippen molar-refractivity contribution < 1.29 is 23.5 Å². The Morgan fingerprint density at radius 2 is 1.88 bits per heavy atom. The summed E-state index contributed by atoms with van der Waals surface area (Å²) in [5.41, 5.74) is 0.809. The van der Waals surface area contributed by atoms with Gasteiger partial charge in [-0.05, 0) is 57.4 Å². The van der Waals surface area contributed by atoms with Gasteiger partial charge in [-0.2, -0.15) is 0 Å². The molecule has 1 aromatic carbocycles. The summed E-state index contributed by atoms with van der Waals surface area (Å²) in [5, 5.41) is 0. The van der Waals surface area contributed by atoms with Crippen molar-refractivity contribution in [1.82, 2.24) is 4.90 Å². The molecule has 0 fully saturated rings. The van der Waals surface area contributed by atoms with Crippen molar-refractivity contribution in [3.8, 4) is 0 Å². The van der Waals surface area contributed by atoms with Crippen LogP contribution in [0.5, 0.6) is 0 Å². The Morgan fingerprint density at radius 1 is 1.19 bits per heavy atom. The van der Waals surface area contributed by atoms with Crippen LogP contribution in [-0.4, -0.2) is 43.6 Å². The van der Waals surface area contributed by atoms with Gasteiger partial charge in [0.2, 0.25) is 0 Å². The molecule has 0 saturated carbocycles. The van der Waals surface area contributed by atoms with Crippen molar-refractivity contribution >= 4 is 11.9 Å². The lowest BCUT2D eigenvalue weighted by molar-refractivity contribution is -0.147. The molecular formula is C20H28FNO4. The molecule has 0 bridgehead atoms. The topological polar surface area (TPSA) is 55.8 Å². The maximum absolute atomic E-state index is 14.4. The average molecular weight is 365 g/mol. The lowest BCUT2D eigenvalue weighted by atomic mass is 9.73. The fourth-order valence-corrected chi connectivity index (χ4v) is 3.81. The zero-order valence-electron chi connectivity index (χ0n) is 15.8. The highest BCUT2D eigenvalue weighted by Crippen LogP contribution is 2.43. The highest BCUT2D eigenvalue weighted by molar-refractivity contribution is 5.72. The minimum atomic E-state index is -0.672. The van der Waals surface area contributed by atoms with Crippen LogP contribution in [0.1, 0.15) is 50.7 Å². The van der Waals surface area contributed by atoms with Crippen LogP contribution in [-0.2, 0) is 31.0 Å². The molecule has 0 aromatic heterocycles. The summed E-state index contributed by atoms with van der Waals surface area (Å²) in [5.74, 6) is -0.831. The monoisotopic (exact) mass is 365 g/mol. The summed E-state index contributed by atoms with van der Waals surface area (Å²) in [7, 11) is 1.87. The third-order valence-electron chi connectivity index (χ3n) is 5.07. The van der Waals surface area contributed by atoms with E-state index < -0.39 is 5.54 Å². The van der Waals surface area contributed by atoms with Crippen molar-refractivity contribution in [1.29, 1.82) is 0 Å². The molecule has 144 valence electrons. The average Bonchev–Trinajstić information content (AvgIpc) is 2.61. The molecule has 26 heavy (non-hydrogen) atoms.